The van der Waals surface area contributed by atoms with Crippen molar-refractivity contribution < 1.29 is 14.3 Å². The van der Waals surface area contributed by atoms with Crippen LogP contribution in [0.25, 0.3) is 0 Å². The fourth-order valence-corrected chi connectivity index (χ4v) is 4.12. The summed E-state index contributed by atoms with van der Waals surface area (Å²) in [5.74, 6) is 2.37. The molecule has 1 aromatic heterocycles. The van der Waals surface area contributed by atoms with Crippen LogP contribution >= 0.6 is 0 Å². The zero-order chi connectivity index (χ0) is 25.1. The highest BCUT2D eigenvalue weighted by Gasteiger charge is 2.28. The second-order valence-corrected chi connectivity index (χ2v) is 11.7. The Kier molecular flexibility index (Phi) is 8.22. The highest BCUT2D eigenvalue weighted by atomic mass is 16.6. The molecule has 2 heterocycles. The van der Waals surface area contributed by atoms with E-state index in [4.69, 9.17) is 14.7 Å². The van der Waals surface area contributed by atoms with Gasteiger partial charge in [-0.3, -0.25) is 14.6 Å². The molecule has 0 atom stereocenters. The van der Waals surface area contributed by atoms with Crippen LogP contribution < -0.4 is 4.90 Å². The molecule has 1 aliphatic heterocycles. The van der Waals surface area contributed by atoms with E-state index in [-0.39, 0.29) is 11.3 Å². The lowest BCUT2D eigenvalue weighted by atomic mass is 9.82. The fraction of sp³-hybridized carbons (Fsp3) is 0.769. The van der Waals surface area contributed by atoms with E-state index in [0.29, 0.717) is 12.3 Å². The van der Waals surface area contributed by atoms with Crippen LogP contribution in [0.4, 0.5) is 10.6 Å². The van der Waals surface area contributed by atoms with Crippen LogP contribution in [0.2, 0.25) is 0 Å². The van der Waals surface area contributed by atoms with Crippen LogP contribution in [-0.4, -0.2) is 77.1 Å². The van der Waals surface area contributed by atoms with Crippen molar-refractivity contribution >= 4 is 17.8 Å². The molecule has 1 saturated heterocycles. The lowest BCUT2D eigenvalue weighted by Gasteiger charge is -2.36. The summed E-state index contributed by atoms with van der Waals surface area (Å²) in [7, 11) is 1.49. The molecule has 0 spiro atoms. The number of carbonyl (C=O) groups is 2. The second kappa shape index (κ2) is 10.6. The third-order valence-electron chi connectivity index (χ3n) is 6.53. The van der Waals surface area contributed by atoms with E-state index in [1.54, 1.807) is 20.8 Å². The van der Waals surface area contributed by atoms with E-state index in [0.717, 1.165) is 55.7 Å². The summed E-state index contributed by atoms with van der Waals surface area (Å²) >= 11 is 0. The Bertz CT molecular complexity index is 862. The van der Waals surface area contributed by atoms with Gasteiger partial charge in [0.15, 0.2) is 0 Å². The van der Waals surface area contributed by atoms with Crippen LogP contribution in [0.5, 0.6) is 0 Å². The lowest BCUT2D eigenvalue weighted by Crippen LogP contribution is -2.47. The Morgan fingerprint density at radius 2 is 1.71 bits per heavy atom. The molecule has 0 aromatic carbocycles. The van der Waals surface area contributed by atoms with Gasteiger partial charge < -0.3 is 9.64 Å². The van der Waals surface area contributed by atoms with Crippen molar-refractivity contribution in [2.24, 2.45) is 0 Å². The van der Waals surface area contributed by atoms with Gasteiger partial charge in [0.2, 0.25) is 5.91 Å². The molecular formula is C26H43N5O3. The number of aromatic nitrogens is 2. The maximum absolute atomic E-state index is 12.4. The zero-order valence-corrected chi connectivity index (χ0v) is 22.2. The van der Waals surface area contributed by atoms with Gasteiger partial charge in [-0.1, -0.05) is 27.2 Å². The molecule has 3 rings (SSSR count). The Balaban J connectivity index is 1.49. The number of imide groups is 1. The Morgan fingerprint density at radius 1 is 1.06 bits per heavy atom. The molecular weight excluding hydrogens is 430 g/mol. The Labute approximate surface area is 205 Å². The summed E-state index contributed by atoms with van der Waals surface area (Å²) in [5.41, 5.74) is 0.521. The Morgan fingerprint density at radius 3 is 2.24 bits per heavy atom. The minimum absolute atomic E-state index is 0.0741. The number of anilines is 1. The third kappa shape index (κ3) is 7.14. The quantitative estimate of drug-likeness (QED) is 0.608. The van der Waals surface area contributed by atoms with Crippen LogP contribution in [0.1, 0.15) is 91.1 Å². The number of hydrogen-bond acceptors (Lipinski definition) is 7. The van der Waals surface area contributed by atoms with Gasteiger partial charge in [0.25, 0.3) is 0 Å². The fourth-order valence-electron chi connectivity index (χ4n) is 4.12. The van der Waals surface area contributed by atoms with E-state index in [9.17, 15) is 9.59 Å². The molecule has 8 heteroatoms. The number of nitrogens with zero attached hydrogens (tertiary/aromatic N) is 5. The van der Waals surface area contributed by atoms with E-state index < -0.39 is 11.7 Å². The number of hydrogen-bond donors (Lipinski definition) is 0. The van der Waals surface area contributed by atoms with Crippen molar-refractivity contribution in [3.8, 4) is 0 Å². The normalized spacial score (nSPS) is 17.9. The predicted octanol–water partition coefficient (Wildman–Crippen LogP) is 4.34. The first kappa shape index (κ1) is 26.4. The van der Waals surface area contributed by atoms with Crippen molar-refractivity contribution in [2.45, 2.75) is 90.6 Å². The van der Waals surface area contributed by atoms with E-state index in [1.165, 1.54) is 32.0 Å². The van der Waals surface area contributed by atoms with E-state index in [2.05, 4.69) is 36.6 Å². The summed E-state index contributed by atoms with van der Waals surface area (Å²) in [5, 5.41) is 0. The van der Waals surface area contributed by atoms with Crippen molar-refractivity contribution in [1.82, 2.24) is 19.8 Å². The van der Waals surface area contributed by atoms with Crippen molar-refractivity contribution in [3.05, 3.63) is 17.6 Å². The average Bonchev–Trinajstić information content (AvgIpc) is 2.70. The molecule has 2 fully saturated rings. The number of rotatable bonds is 6. The monoisotopic (exact) mass is 473 g/mol. The molecule has 1 saturated carbocycles. The first-order chi connectivity index (χ1) is 15.8. The maximum Gasteiger partial charge on any atom is 0.416 e. The van der Waals surface area contributed by atoms with Crippen LogP contribution in [-0.2, 0) is 14.9 Å². The second-order valence-electron chi connectivity index (χ2n) is 11.7. The van der Waals surface area contributed by atoms with Crippen LogP contribution in [0.15, 0.2) is 6.07 Å². The summed E-state index contributed by atoms with van der Waals surface area (Å²) in [6.45, 7) is 16.4. The van der Waals surface area contributed by atoms with Crippen molar-refractivity contribution in [2.75, 3.05) is 44.7 Å². The highest BCUT2D eigenvalue weighted by Crippen LogP contribution is 2.37. The van der Waals surface area contributed by atoms with Gasteiger partial charge in [0, 0.05) is 62.7 Å². The molecule has 190 valence electrons. The van der Waals surface area contributed by atoms with Gasteiger partial charge in [-0.15, -0.1) is 0 Å². The predicted molar refractivity (Wildman–Crippen MR) is 134 cm³/mol. The number of ether oxygens (including phenoxy) is 1. The largest absolute Gasteiger partial charge is 0.443 e. The van der Waals surface area contributed by atoms with Gasteiger partial charge in [-0.05, 0) is 46.6 Å². The van der Waals surface area contributed by atoms with Crippen molar-refractivity contribution in [3.63, 3.8) is 0 Å². The number of piperazine rings is 1. The summed E-state index contributed by atoms with van der Waals surface area (Å²) < 4.78 is 5.27. The van der Waals surface area contributed by atoms with E-state index >= 15 is 0 Å². The molecule has 34 heavy (non-hydrogen) atoms. The van der Waals surface area contributed by atoms with Crippen molar-refractivity contribution in [1.29, 1.82) is 0 Å². The highest BCUT2D eigenvalue weighted by molar-refractivity contribution is 5.91. The number of carbonyl (C=O) groups excluding carboxylic acids is 2. The van der Waals surface area contributed by atoms with Gasteiger partial charge in [0.1, 0.15) is 17.2 Å². The molecule has 2 aliphatic rings. The smallest absolute Gasteiger partial charge is 0.416 e. The van der Waals surface area contributed by atoms with Gasteiger partial charge >= 0.3 is 6.09 Å². The standard InChI is InChI=1S/C26H43N5O3/c1-25(2,3)23-27-20(19-10-8-11-19)18-21(28-23)31-16-14-30(15-17-31)13-9-12-22(32)29(7)24(33)34-26(4,5)6/h18-19H,8-17H2,1-7H3. The van der Waals surface area contributed by atoms with Gasteiger partial charge in [0.05, 0.1) is 0 Å². The van der Waals surface area contributed by atoms with Gasteiger partial charge in [-0.2, -0.15) is 0 Å². The summed E-state index contributed by atoms with van der Waals surface area (Å²) in [6, 6.07) is 2.21. The van der Waals surface area contributed by atoms with Crippen LogP contribution in [0.3, 0.4) is 0 Å². The SMILES string of the molecule is CN(C(=O)CCCN1CCN(c2cc(C3CCC3)nc(C(C)(C)C)n2)CC1)C(=O)OC(C)(C)C. The molecule has 0 radical (unpaired) electrons. The zero-order valence-electron chi connectivity index (χ0n) is 22.2. The third-order valence-corrected chi connectivity index (χ3v) is 6.53. The average molecular weight is 474 g/mol. The molecule has 0 N–H and O–H groups in total. The maximum atomic E-state index is 12.4. The molecule has 8 nitrogen and oxygen atoms in total. The lowest BCUT2D eigenvalue weighted by molar-refractivity contribution is -0.129. The summed E-state index contributed by atoms with van der Waals surface area (Å²) in [6.07, 6.45) is 4.22. The molecule has 1 aromatic rings. The topological polar surface area (TPSA) is 78.9 Å². The minimum Gasteiger partial charge on any atom is -0.443 e. The summed E-state index contributed by atoms with van der Waals surface area (Å²) in [4.78, 5) is 40.1. The molecule has 1 aliphatic carbocycles. The number of amides is 2. The molecule has 0 unspecified atom stereocenters. The molecule has 2 amide bonds. The van der Waals surface area contributed by atoms with Crippen LogP contribution in [0, 0.1) is 0 Å². The molecule has 0 bridgehead atoms. The Hall–Kier alpha value is -2.22. The first-order valence-electron chi connectivity index (χ1n) is 12.7. The minimum atomic E-state index is -0.610. The van der Waals surface area contributed by atoms with Gasteiger partial charge in [-0.25, -0.2) is 14.8 Å². The van der Waals surface area contributed by atoms with E-state index in [1.807, 2.05) is 0 Å². The first-order valence-corrected chi connectivity index (χ1v) is 12.7.